The predicted molar refractivity (Wildman–Crippen MR) is 100 cm³/mol. The van der Waals surface area contributed by atoms with Crippen molar-refractivity contribution in [2.45, 2.75) is 51.6 Å². The summed E-state index contributed by atoms with van der Waals surface area (Å²) in [5, 5.41) is 13.2. The lowest BCUT2D eigenvalue weighted by Gasteiger charge is -2.21. The zero-order valence-corrected chi connectivity index (χ0v) is 15.7. The smallest absolute Gasteiger partial charge is 0.223 e. The van der Waals surface area contributed by atoms with Gasteiger partial charge in [0.05, 0.1) is 6.10 Å². The van der Waals surface area contributed by atoms with E-state index in [1.165, 1.54) is 5.56 Å². The zero-order chi connectivity index (χ0) is 17.0. The number of amides is 1. The van der Waals surface area contributed by atoms with Gasteiger partial charge in [0.15, 0.2) is 0 Å². The number of nitrogens with two attached hydrogens (primary N) is 1. The second-order valence-electron chi connectivity index (χ2n) is 7.67. The van der Waals surface area contributed by atoms with Crippen molar-refractivity contribution in [2.24, 2.45) is 17.6 Å². The molecule has 1 saturated carbocycles. The molecule has 1 aromatic rings. The van der Waals surface area contributed by atoms with Crippen molar-refractivity contribution in [2.75, 3.05) is 13.1 Å². The lowest BCUT2D eigenvalue weighted by Crippen LogP contribution is -2.37. The molecule has 0 saturated heterocycles. The highest BCUT2D eigenvalue weighted by molar-refractivity contribution is 5.85. The third-order valence-corrected chi connectivity index (χ3v) is 4.93. The van der Waals surface area contributed by atoms with Gasteiger partial charge >= 0.3 is 0 Å². The summed E-state index contributed by atoms with van der Waals surface area (Å²) in [5.41, 5.74) is 7.89. The van der Waals surface area contributed by atoms with Gasteiger partial charge in [-0.05, 0) is 41.8 Å². The maximum absolute atomic E-state index is 12.3. The molecule has 0 spiro atoms. The van der Waals surface area contributed by atoms with Crippen LogP contribution >= 0.6 is 12.4 Å². The summed E-state index contributed by atoms with van der Waals surface area (Å²) < 4.78 is 0. The van der Waals surface area contributed by atoms with Crippen LogP contribution in [0.15, 0.2) is 24.3 Å². The lowest BCUT2D eigenvalue weighted by molar-refractivity contribution is -0.126. The van der Waals surface area contributed by atoms with Gasteiger partial charge in [-0.15, -0.1) is 12.4 Å². The van der Waals surface area contributed by atoms with Gasteiger partial charge in [-0.3, -0.25) is 4.79 Å². The van der Waals surface area contributed by atoms with Crippen molar-refractivity contribution >= 4 is 18.3 Å². The van der Waals surface area contributed by atoms with E-state index in [-0.39, 0.29) is 36.2 Å². The number of halogens is 1. The summed E-state index contributed by atoms with van der Waals surface area (Å²) in [4.78, 5) is 12.3. The van der Waals surface area contributed by atoms with Crippen LogP contribution in [-0.4, -0.2) is 24.1 Å². The van der Waals surface area contributed by atoms with E-state index in [0.29, 0.717) is 12.5 Å². The van der Waals surface area contributed by atoms with Crippen LogP contribution in [0.1, 0.15) is 57.3 Å². The number of carbonyl (C=O) groups is 1. The van der Waals surface area contributed by atoms with Crippen molar-refractivity contribution in [3.8, 4) is 0 Å². The third-order valence-electron chi connectivity index (χ3n) is 4.93. The molecular weight excluding hydrogens is 324 g/mol. The van der Waals surface area contributed by atoms with E-state index in [1.54, 1.807) is 0 Å². The molecule has 1 aromatic carbocycles. The summed E-state index contributed by atoms with van der Waals surface area (Å²) in [6.45, 7) is 7.30. The number of hydrogen-bond donors (Lipinski definition) is 3. The Labute approximate surface area is 151 Å². The maximum Gasteiger partial charge on any atom is 0.223 e. The number of benzene rings is 1. The van der Waals surface area contributed by atoms with Gasteiger partial charge < -0.3 is 16.2 Å². The van der Waals surface area contributed by atoms with Crippen LogP contribution in [-0.2, 0) is 10.2 Å². The molecular formula is C19H31ClN2O2. The first-order valence-electron chi connectivity index (χ1n) is 8.59. The van der Waals surface area contributed by atoms with E-state index < -0.39 is 6.10 Å². The van der Waals surface area contributed by atoms with Crippen LogP contribution in [0.3, 0.4) is 0 Å². The first-order chi connectivity index (χ1) is 10.8. The highest BCUT2D eigenvalue weighted by Crippen LogP contribution is 2.31. The van der Waals surface area contributed by atoms with Gasteiger partial charge in [0.2, 0.25) is 5.91 Å². The second-order valence-corrected chi connectivity index (χ2v) is 7.67. The summed E-state index contributed by atoms with van der Waals surface area (Å²) in [7, 11) is 0. The van der Waals surface area contributed by atoms with Crippen LogP contribution in [0.5, 0.6) is 0 Å². The van der Waals surface area contributed by atoms with Crippen molar-refractivity contribution in [3.63, 3.8) is 0 Å². The fraction of sp³-hybridized carbons (Fsp3) is 0.632. The molecule has 1 aliphatic carbocycles. The molecule has 5 heteroatoms. The van der Waals surface area contributed by atoms with Gasteiger partial charge in [-0.25, -0.2) is 0 Å². The lowest BCUT2D eigenvalue weighted by atomic mass is 9.86. The largest absolute Gasteiger partial charge is 0.387 e. The second kappa shape index (κ2) is 8.84. The van der Waals surface area contributed by atoms with Crippen molar-refractivity contribution in [3.05, 3.63) is 35.4 Å². The highest BCUT2D eigenvalue weighted by atomic mass is 35.5. The molecule has 4 N–H and O–H groups in total. The van der Waals surface area contributed by atoms with Crippen molar-refractivity contribution in [1.29, 1.82) is 0 Å². The van der Waals surface area contributed by atoms with Crippen molar-refractivity contribution in [1.82, 2.24) is 5.32 Å². The van der Waals surface area contributed by atoms with E-state index in [0.717, 1.165) is 24.8 Å². The SMILES string of the molecule is CC(C)(C)c1ccc(C(O)CNC(=O)[C@@H]2CCC[C@@H]2CN)cc1.Cl. The van der Waals surface area contributed by atoms with Crippen LogP contribution in [0, 0.1) is 11.8 Å². The van der Waals surface area contributed by atoms with Gasteiger partial charge in [0.25, 0.3) is 0 Å². The Hall–Kier alpha value is -1.10. The minimum absolute atomic E-state index is 0. The van der Waals surface area contributed by atoms with Gasteiger partial charge in [-0.1, -0.05) is 51.5 Å². The van der Waals surface area contributed by atoms with Crippen LogP contribution in [0.2, 0.25) is 0 Å². The maximum atomic E-state index is 12.3. The summed E-state index contributed by atoms with van der Waals surface area (Å²) in [6.07, 6.45) is 2.33. The summed E-state index contributed by atoms with van der Waals surface area (Å²) in [6, 6.07) is 7.97. The summed E-state index contributed by atoms with van der Waals surface area (Å²) in [5.74, 6) is 0.331. The average molecular weight is 355 g/mol. The molecule has 0 radical (unpaired) electrons. The Bertz CT molecular complexity index is 525. The number of rotatable bonds is 5. The minimum atomic E-state index is -0.675. The van der Waals surface area contributed by atoms with Gasteiger partial charge in [-0.2, -0.15) is 0 Å². The molecule has 0 heterocycles. The molecule has 1 aliphatic rings. The van der Waals surface area contributed by atoms with Crippen LogP contribution in [0.25, 0.3) is 0 Å². The molecule has 3 atom stereocenters. The quantitative estimate of drug-likeness (QED) is 0.761. The zero-order valence-electron chi connectivity index (χ0n) is 14.9. The van der Waals surface area contributed by atoms with Crippen LogP contribution < -0.4 is 11.1 Å². The standard InChI is InChI=1S/C19H30N2O2.ClH/c1-19(2,3)15-9-7-13(8-10-15)17(22)12-21-18(23)16-6-4-5-14(16)11-20;/h7-10,14,16-17,22H,4-6,11-12,20H2,1-3H3,(H,21,23);1H/t14-,16-,17?;/m1./s1. The monoisotopic (exact) mass is 354 g/mol. The topological polar surface area (TPSA) is 75.3 Å². The first kappa shape index (κ1) is 20.9. The predicted octanol–water partition coefficient (Wildman–Crippen LogP) is 2.93. The van der Waals surface area contributed by atoms with Gasteiger partial charge in [0, 0.05) is 12.5 Å². The molecule has 1 fully saturated rings. The number of aliphatic hydroxyl groups is 1. The van der Waals surface area contributed by atoms with Crippen LogP contribution in [0.4, 0.5) is 0 Å². The van der Waals surface area contributed by atoms with E-state index >= 15 is 0 Å². The Kier molecular flexibility index (Phi) is 7.71. The Balaban J connectivity index is 0.00000288. The minimum Gasteiger partial charge on any atom is -0.387 e. The summed E-state index contributed by atoms with van der Waals surface area (Å²) >= 11 is 0. The molecule has 24 heavy (non-hydrogen) atoms. The Morgan fingerprint density at radius 3 is 2.46 bits per heavy atom. The molecule has 0 aromatic heterocycles. The molecule has 1 amide bonds. The van der Waals surface area contributed by atoms with E-state index in [9.17, 15) is 9.90 Å². The Morgan fingerprint density at radius 2 is 1.92 bits per heavy atom. The first-order valence-corrected chi connectivity index (χ1v) is 8.59. The van der Waals surface area contributed by atoms with E-state index in [2.05, 4.69) is 26.1 Å². The molecule has 2 rings (SSSR count). The highest BCUT2D eigenvalue weighted by Gasteiger charge is 2.31. The molecule has 4 nitrogen and oxygen atoms in total. The van der Waals surface area contributed by atoms with Crippen molar-refractivity contribution < 1.29 is 9.90 Å². The number of hydrogen-bond acceptors (Lipinski definition) is 3. The normalized spacial score (nSPS) is 21.9. The fourth-order valence-corrected chi connectivity index (χ4v) is 3.32. The number of aliphatic hydroxyl groups excluding tert-OH is 1. The molecule has 136 valence electrons. The fourth-order valence-electron chi connectivity index (χ4n) is 3.32. The molecule has 1 unspecified atom stereocenters. The van der Waals surface area contributed by atoms with E-state index in [4.69, 9.17) is 5.73 Å². The van der Waals surface area contributed by atoms with Gasteiger partial charge in [0.1, 0.15) is 0 Å². The molecule has 0 aliphatic heterocycles. The van der Waals surface area contributed by atoms with E-state index in [1.807, 2.05) is 24.3 Å². The number of nitrogens with one attached hydrogen (secondary N) is 1. The Morgan fingerprint density at radius 1 is 1.29 bits per heavy atom. The average Bonchev–Trinajstić information content (AvgIpc) is 3.00. The third kappa shape index (κ3) is 5.20. The number of carbonyl (C=O) groups excluding carboxylic acids is 1. The molecule has 0 bridgehead atoms.